The van der Waals surface area contributed by atoms with Gasteiger partial charge in [-0.1, -0.05) is 19.3 Å². The maximum atomic E-state index is 11.0. The van der Waals surface area contributed by atoms with Gasteiger partial charge in [0, 0.05) is 5.66 Å². The Morgan fingerprint density at radius 2 is 1.56 bits per heavy atom. The zero-order valence-corrected chi connectivity index (χ0v) is 12.3. The third kappa shape index (κ3) is 3.85. The minimum atomic E-state index is -2.32. The largest absolute Gasteiger partial charge is 0.481 e. The average Bonchev–Trinajstić information content (AvgIpc) is 2.40. The van der Waals surface area contributed by atoms with E-state index >= 15 is 0 Å². The lowest BCUT2D eigenvalue weighted by Gasteiger charge is -2.35. The fourth-order valence-electron chi connectivity index (χ4n) is 2.52. The van der Waals surface area contributed by atoms with E-state index in [1.165, 1.54) is 6.42 Å². The number of carbonyl (C=O) groups is 1. The summed E-state index contributed by atoms with van der Waals surface area (Å²) in [5, 5.41) is 37.7. The lowest BCUT2D eigenvalue weighted by molar-refractivity contribution is -0.134. The van der Waals surface area contributed by atoms with E-state index in [0.717, 1.165) is 25.7 Å². The maximum absolute atomic E-state index is 11.0. The van der Waals surface area contributed by atoms with Gasteiger partial charge in [-0.15, -0.1) is 0 Å². The van der Waals surface area contributed by atoms with Crippen LogP contribution in [-0.2, 0) is 4.79 Å². The van der Waals surface area contributed by atoms with E-state index in [1.807, 2.05) is 0 Å². The van der Waals surface area contributed by atoms with Crippen LogP contribution in [0.3, 0.4) is 0 Å². The van der Waals surface area contributed by atoms with Crippen molar-refractivity contribution in [2.75, 3.05) is 25.2 Å². The quantitative estimate of drug-likeness (QED) is 0.536. The molecular weight excluding hydrogens is 274 g/mol. The maximum Gasteiger partial charge on any atom is 0.311 e. The number of hydrogen-bond donors (Lipinski definition) is 4. The monoisotopic (exact) mass is 297 g/mol. The lowest BCUT2D eigenvalue weighted by Crippen LogP contribution is -2.20. The Kier molecular flexibility index (Phi) is 6.97. The molecule has 5 nitrogen and oxygen atoms in total. The second-order valence-corrected chi connectivity index (χ2v) is 13.9. The van der Waals surface area contributed by atoms with Gasteiger partial charge in [-0.25, -0.2) is 0 Å². The fraction of sp³-hybridized carbons (Fsp3) is 0.909. The Bertz CT molecular complexity index is 256. The van der Waals surface area contributed by atoms with E-state index in [0.29, 0.717) is 0 Å². The molecule has 106 valence electrons. The van der Waals surface area contributed by atoms with Crippen LogP contribution in [0.25, 0.3) is 0 Å². The van der Waals surface area contributed by atoms with Crippen molar-refractivity contribution < 1.29 is 25.2 Å². The van der Waals surface area contributed by atoms with Gasteiger partial charge in [-0.05, 0) is 12.8 Å². The molecular formula is C11H23O5P2+. The molecule has 0 amide bonds. The molecule has 18 heavy (non-hydrogen) atoms. The van der Waals surface area contributed by atoms with Crippen LogP contribution in [0, 0.1) is 0 Å². The molecule has 1 atom stereocenters. The van der Waals surface area contributed by atoms with E-state index in [1.54, 1.807) is 0 Å². The highest BCUT2D eigenvalue weighted by molar-refractivity contribution is 8.39. The summed E-state index contributed by atoms with van der Waals surface area (Å²) in [5.74, 6) is -0.883. The van der Waals surface area contributed by atoms with Crippen LogP contribution in [0.5, 0.6) is 0 Å². The zero-order valence-electron chi connectivity index (χ0n) is 10.5. The highest BCUT2D eigenvalue weighted by atomic mass is 32.1. The van der Waals surface area contributed by atoms with Gasteiger partial charge < -0.3 is 20.4 Å². The molecule has 1 unspecified atom stereocenters. The Morgan fingerprint density at radius 1 is 1.06 bits per heavy atom. The van der Waals surface area contributed by atoms with Crippen molar-refractivity contribution >= 4 is 20.5 Å². The number of carboxylic acid groups (broad SMARTS) is 1. The van der Waals surface area contributed by atoms with Gasteiger partial charge in [-0.3, -0.25) is 4.79 Å². The Balaban J connectivity index is 2.90. The van der Waals surface area contributed by atoms with Gasteiger partial charge in [0.05, 0.1) is 7.61 Å². The Morgan fingerprint density at radius 3 is 1.94 bits per heavy atom. The van der Waals surface area contributed by atoms with Gasteiger partial charge in [-0.2, -0.15) is 0 Å². The molecule has 0 saturated heterocycles. The Labute approximate surface area is 109 Å². The van der Waals surface area contributed by atoms with Crippen molar-refractivity contribution in [3.05, 3.63) is 0 Å². The minimum absolute atomic E-state index is 0.00938. The van der Waals surface area contributed by atoms with Gasteiger partial charge in [0.2, 0.25) is 0 Å². The second-order valence-electron chi connectivity index (χ2n) is 4.80. The summed E-state index contributed by atoms with van der Waals surface area (Å²) in [6, 6.07) is 0. The standard InChI is InChI=1S/C11H22O5P2/c12-7-18(8-13,9-14)17(6-11(15)16)10-4-2-1-3-5-10/h10,12-14H,1-9H2/p+1. The summed E-state index contributed by atoms with van der Waals surface area (Å²) in [6.07, 6.45) is 4.59. The molecule has 0 aromatic heterocycles. The normalized spacial score (nSPS) is 19.7. The summed E-state index contributed by atoms with van der Waals surface area (Å²) >= 11 is 0. The molecule has 0 aliphatic heterocycles. The van der Waals surface area contributed by atoms with Crippen molar-refractivity contribution in [2.24, 2.45) is 0 Å². The molecule has 4 N–H and O–H groups in total. The molecule has 1 aliphatic rings. The molecule has 1 saturated carbocycles. The van der Waals surface area contributed by atoms with Crippen LogP contribution in [0.1, 0.15) is 32.1 Å². The van der Waals surface area contributed by atoms with Crippen molar-refractivity contribution in [1.82, 2.24) is 0 Å². The van der Waals surface area contributed by atoms with Gasteiger partial charge in [0.1, 0.15) is 13.1 Å². The van der Waals surface area contributed by atoms with Crippen LogP contribution in [0.4, 0.5) is 0 Å². The topological polar surface area (TPSA) is 98.0 Å². The molecule has 0 aromatic rings. The van der Waals surface area contributed by atoms with Crippen molar-refractivity contribution in [3.8, 4) is 0 Å². The third-order valence-corrected chi connectivity index (χ3v) is 14.1. The van der Waals surface area contributed by atoms with Crippen LogP contribution in [-0.4, -0.2) is 57.3 Å². The van der Waals surface area contributed by atoms with E-state index < -0.39 is 20.5 Å². The van der Waals surface area contributed by atoms with E-state index in [4.69, 9.17) is 5.11 Å². The number of aliphatic hydroxyl groups excluding tert-OH is 3. The fourth-order valence-corrected chi connectivity index (χ4v) is 11.3. The number of hydrogen-bond acceptors (Lipinski definition) is 4. The first-order chi connectivity index (χ1) is 8.59. The van der Waals surface area contributed by atoms with Crippen LogP contribution in [0.15, 0.2) is 0 Å². The van der Waals surface area contributed by atoms with E-state index in [-0.39, 0.29) is 30.9 Å². The van der Waals surface area contributed by atoms with Crippen LogP contribution < -0.4 is 0 Å². The number of aliphatic carboxylic acids is 1. The van der Waals surface area contributed by atoms with Crippen molar-refractivity contribution in [1.29, 1.82) is 0 Å². The number of carboxylic acids is 1. The molecule has 7 heteroatoms. The summed E-state index contributed by atoms with van der Waals surface area (Å²) in [5.41, 5.74) is 0.282. The first kappa shape index (κ1) is 16.3. The summed E-state index contributed by atoms with van der Waals surface area (Å²) in [7, 11) is -1.00. The smallest absolute Gasteiger partial charge is 0.311 e. The molecule has 0 bridgehead atoms. The van der Waals surface area contributed by atoms with Gasteiger partial charge in [0.25, 0.3) is 0 Å². The molecule has 0 radical (unpaired) electrons. The van der Waals surface area contributed by atoms with E-state index in [2.05, 4.69) is 0 Å². The second kappa shape index (κ2) is 7.72. The molecule has 1 aliphatic carbocycles. The SMILES string of the molecule is O=C(O)CP(C1CCCCC1)[P+](CO)(CO)CO. The molecule has 0 aromatic carbocycles. The lowest BCUT2D eigenvalue weighted by atomic mass is 10.0. The van der Waals surface area contributed by atoms with Gasteiger partial charge >= 0.3 is 5.97 Å². The number of rotatable bonds is 7. The third-order valence-electron chi connectivity index (χ3n) is 3.63. The summed E-state index contributed by atoms with van der Waals surface area (Å²) in [6.45, 7) is -2.32. The molecule has 1 fully saturated rings. The van der Waals surface area contributed by atoms with Crippen molar-refractivity contribution in [2.45, 2.75) is 37.8 Å². The average molecular weight is 297 g/mol. The first-order valence-electron chi connectivity index (χ1n) is 6.27. The Hall–Kier alpha value is 0.210. The molecule has 0 spiro atoms. The van der Waals surface area contributed by atoms with Gasteiger partial charge in [0.15, 0.2) is 19.0 Å². The number of aliphatic hydroxyl groups is 3. The predicted octanol–water partition coefficient (Wildman–Crippen LogP) is 1.67. The van der Waals surface area contributed by atoms with Crippen LogP contribution >= 0.6 is 14.6 Å². The minimum Gasteiger partial charge on any atom is -0.481 e. The highest BCUT2D eigenvalue weighted by Gasteiger charge is 2.50. The summed E-state index contributed by atoms with van der Waals surface area (Å²) in [4.78, 5) is 11.0. The molecule has 1 rings (SSSR count). The van der Waals surface area contributed by atoms with E-state index in [9.17, 15) is 20.1 Å². The van der Waals surface area contributed by atoms with Crippen molar-refractivity contribution in [3.63, 3.8) is 0 Å². The predicted molar refractivity (Wildman–Crippen MR) is 74.5 cm³/mol. The zero-order chi connectivity index (χ0) is 13.6. The highest BCUT2D eigenvalue weighted by Crippen LogP contribution is 2.85. The van der Waals surface area contributed by atoms with Crippen LogP contribution in [0.2, 0.25) is 0 Å². The first-order valence-corrected chi connectivity index (χ1v) is 10.9. The molecule has 0 heterocycles. The summed E-state index contributed by atoms with van der Waals surface area (Å²) < 4.78 is 0.